The molecule has 0 bridgehead atoms. The third kappa shape index (κ3) is 1.97. The monoisotopic (exact) mass is 222 g/mol. The standard InChI is InChI=1S/C7H5F3N2O3/c1-15-3-2-11-5(7(9)10)6(4(3)8)12(13)14/h2,7H,1H3. The lowest BCUT2D eigenvalue weighted by molar-refractivity contribution is -0.389. The first-order valence-electron chi connectivity index (χ1n) is 3.64. The van der Waals surface area contributed by atoms with Gasteiger partial charge in [-0.25, -0.2) is 13.8 Å². The van der Waals surface area contributed by atoms with Crippen molar-refractivity contribution in [3.05, 3.63) is 27.8 Å². The molecular formula is C7H5F3N2O3. The summed E-state index contributed by atoms with van der Waals surface area (Å²) in [4.78, 5) is 12.2. The Morgan fingerprint density at radius 2 is 2.20 bits per heavy atom. The van der Waals surface area contributed by atoms with Crippen LogP contribution in [0.15, 0.2) is 6.20 Å². The summed E-state index contributed by atoms with van der Waals surface area (Å²) in [6.45, 7) is 0. The summed E-state index contributed by atoms with van der Waals surface area (Å²) in [5.41, 5.74) is -2.57. The van der Waals surface area contributed by atoms with Crippen LogP contribution in [0.25, 0.3) is 0 Å². The number of halogens is 3. The van der Waals surface area contributed by atoms with Crippen molar-refractivity contribution in [2.24, 2.45) is 0 Å². The van der Waals surface area contributed by atoms with Crippen LogP contribution >= 0.6 is 0 Å². The largest absolute Gasteiger partial charge is 0.492 e. The number of nitrogens with zero attached hydrogens (tertiary/aromatic N) is 2. The highest BCUT2D eigenvalue weighted by Crippen LogP contribution is 2.33. The molecule has 0 aliphatic carbocycles. The van der Waals surface area contributed by atoms with Gasteiger partial charge in [0.15, 0.2) is 11.4 Å². The molecule has 1 heterocycles. The normalized spacial score (nSPS) is 10.5. The highest BCUT2D eigenvalue weighted by atomic mass is 19.3. The maximum Gasteiger partial charge on any atom is 0.335 e. The van der Waals surface area contributed by atoms with Gasteiger partial charge in [-0.05, 0) is 0 Å². The molecule has 0 saturated carbocycles. The lowest BCUT2D eigenvalue weighted by Gasteiger charge is -2.04. The van der Waals surface area contributed by atoms with Crippen LogP contribution < -0.4 is 4.74 Å². The second-order valence-corrected chi connectivity index (χ2v) is 2.43. The zero-order valence-corrected chi connectivity index (χ0v) is 7.41. The summed E-state index contributed by atoms with van der Waals surface area (Å²) in [7, 11) is 1.05. The van der Waals surface area contributed by atoms with Gasteiger partial charge in [0.05, 0.1) is 18.2 Å². The number of hydrogen-bond acceptors (Lipinski definition) is 4. The van der Waals surface area contributed by atoms with Gasteiger partial charge in [-0.1, -0.05) is 0 Å². The van der Waals surface area contributed by atoms with Crippen molar-refractivity contribution in [3.8, 4) is 5.75 Å². The Morgan fingerprint density at radius 3 is 2.60 bits per heavy atom. The zero-order chi connectivity index (χ0) is 11.6. The molecular weight excluding hydrogens is 217 g/mol. The van der Waals surface area contributed by atoms with Gasteiger partial charge in [-0.2, -0.15) is 4.39 Å². The number of hydrogen-bond donors (Lipinski definition) is 0. The topological polar surface area (TPSA) is 65.3 Å². The maximum atomic E-state index is 13.2. The maximum absolute atomic E-state index is 13.2. The summed E-state index contributed by atoms with van der Waals surface area (Å²) in [6, 6.07) is 0. The molecule has 0 aliphatic rings. The van der Waals surface area contributed by atoms with Gasteiger partial charge in [0, 0.05) is 0 Å². The van der Waals surface area contributed by atoms with Gasteiger partial charge in [0.2, 0.25) is 5.82 Å². The molecule has 1 aromatic heterocycles. The first-order chi connectivity index (χ1) is 6.99. The predicted molar refractivity (Wildman–Crippen MR) is 42.4 cm³/mol. The van der Waals surface area contributed by atoms with E-state index in [9.17, 15) is 23.3 Å². The van der Waals surface area contributed by atoms with Gasteiger partial charge in [-0.3, -0.25) is 10.1 Å². The van der Waals surface area contributed by atoms with E-state index >= 15 is 0 Å². The van der Waals surface area contributed by atoms with E-state index < -0.39 is 34.3 Å². The van der Waals surface area contributed by atoms with E-state index in [0.29, 0.717) is 6.20 Å². The lowest BCUT2D eigenvalue weighted by Crippen LogP contribution is -2.04. The zero-order valence-electron chi connectivity index (χ0n) is 7.41. The quantitative estimate of drug-likeness (QED) is 0.580. The van der Waals surface area contributed by atoms with Crippen molar-refractivity contribution >= 4 is 5.69 Å². The summed E-state index contributed by atoms with van der Waals surface area (Å²) in [5, 5.41) is 10.4. The third-order valence-electron chi connectivity index (χ3n) is 1.60. The first kappa shape index (κ1) is 11.2. The van der Waals surface area contributed by atoms with E-state index in [-0.39, 0.29) is 0 Å². The molecule has 0 atom stereocenters. The van der Waals surface area contributed by atoms with E-state index in [1.54, 1.807) is 0 Å². The van der Waals surface area contributed by atoms with Gasteiger partial charge in [-0.15, -0.1) is 0 Å². The van der Waals surface area contributed by atoms with Crippen LogP contribution in [-0.2, 0) is 0 Å². The van der Waals surface area contributed by atoms with E-state index in [1.807, 2.05) is 0 Å². The van der Waals surface area contributed by atoms with Crippen molar-refractivity contribution < 1.29 is 22.8 Å². The Kier molecular flexibility index (Phi) is 3.08. The Bertz CT molecular complexity index is 397. The number of alkyl halides is 2. The summed E-state index contributed by atoms with van der Waals surface area (Å²) in [6.07, 6.45) is -2.55. The molecule has 5 nitrogen and oxygen atoms in total. The van der Waals surface area contributed by atoms with E-state index in [4.69, 9.17) is 0 Å². The molecule has 15 heavy (non-hydrogen) atoms. The summed E-state index contributed by atoms with van der Waals surface area (Å²) in [5.74, 6) is -2.00. The summed E-state index contributed by atoms with van der Waals surface area (Å²) >= 11 is 0. The molecule has 1 rings (SSSR count). The lowest BCUT2D eigenvalue weighted by atomic mass is 10.3. The van der Waals surface area contributed by atoms with Crippen LogP contribution in [0, 0.1) is 15.9 Å². The Hall–Kier alpha value is -1.86. The van der Waals surface area contributed by atoms with Crippen molar-refractivity contribution in [1.82, 2.24) is 4.98 Å². The minimum absolute atomic E-state index is 0.550. The van der Waals surface area contributed by atoms with Crippen molar-refractivity contribution in [2.75, 3.05) is 7.11 Å². The molecule has 0 fully saturated rings. The van der Waals surface area contributed by atoms with Gasteiger partial charge in [0.25, 0.3) is 6.43 Å². The molecule has 0 N–H and O–H groups in total. The minimum Gasteiger partial charge on any atom is -0.492 e. The minimum atomic E-state index is -3.22. The molecule has 0 amide bonds. The molecule has 0 saturated heterocycles. The summed E-state index contributed by atoms with van der Waals surface area (Å²) < 4.78 is 42.0. The SMILES string of the molecule is COc1cnc(C(F)F)c([N+](=O)[O-])c1F. The smallest absolute Gasteiger partial charge is 0.335 e. The fourth-order valence-electron chi connectivity index (χ4n) is 0.951. The fraction of sp³-hybridized carbons (Fsp3) is 0.286. The van der Waals surface area contributed by atoms with Crippen molar-refractivity contribution in [1.29, 1.82) is 0 Å². The molecule has 0 aliphatic heterocycles. The molecule has 0 radical (unpaired) electrons. The van der Waals surface area contributed by atoms with Gasteiger partial charge < -0.3 is 4.74 Å². The fourth-order valence-corrected chi connectivity index (χ4v) is 0.951. The second kappa shape index (κ2) is 4.11. The molecule has 8 heteroatoms. The Morgan fingerprint density at radius 1 is 1.60 bits per heavy atom. The highest BCUT2D eigenvalue weighted by molar-refractivity contribution is 5.43. The Labute approximate surface area is 81.6 Å². The second-order valence-electron chi connectivity index (χ2n) is 2.43. The average Bonchev–Trinajstić information content (AvgIpc) is 2.16. The molecule has 0 spiro atoms. The van der Waals surface area contributed by atoms with Crippen LogP contribution in [0.5, 0.6) is 5.75 Å². The van der Waals surface area contributed by atoms with Crippen LogP contribution in [0.4, 0.5) is 18.9 Å². The van der Waals surface area contributed by atoms with Crippen LogP contribution in [0.2, 0.25) is 0 Å². The number of methoxy groups -OCH3 is 1. The van der Waals surface area contributed by atoms with E-state index in [0.717, 1.165) is 7.11 Å². The molecule has 0 aromatic carbocycles. The predicted octanol–water partition coefficient (Wildman–Crippen LogP) is 2.08. The van der Waals surface area contributed by atoms with Crippen LogP contribution in [0.1, 0.15) is 12.1 Å². The number of aromatic nitrogens is 1. The Balaban J connectivity index is 3.44. The number of rotatable bonds is 3. The number of ether oxygens (including phenoxy) is 1. The van der Waals surface area contributed by atoms with Crippen molar-refractivity contribution in [3.63, 3.8) is 0 Å². The average molecular weight is 222 g/mol. The van der Waals surface area contributed by atoms with Crippen molar-refractivity contribution in [2.45, 2.75) is 6.43 Å². The highest BCUT2D eigenvalue weighted by Gasteiger charge is 2.30. The van der Waals surface area contributed by atoms with Gasteiger partial charge >= 0.3 is 5.69 Å². The number of pyridine rings is 1. The van der Waals surface area contributed by atoms with Gasteiger partial charge in [0.1, 0.15) is 0 Å². The molecule has 0 unspecified atom stereocenters. The first-order valence-corrected chi connectivity index (χ1v) is 3.64. The molecule has 1 aromatic rings. The van der Waals surface area contributed by atoms with E-state index in [1.165, 1.54) is 0 Å². The third-order valence-corrected chi connectivity index (χ3v) is 1.60. The van der Waals surface area contributed by atoms with E-state index in [2.05, 4.69) is 9.72 Å². The van der Waals surface area contributed by atoms with Crippen LogP contribution in [-0.4, -0.2) is 17.0 Å². The molecule has 82 valence electrons. The number of nitro groups is 1. The van der Waals surface area contributed by atoms with Crippen LogP contribution in [0.3, 0.4) is 0 Å².